The van der Waals surface area contributed by atoms with Gasteiger partial charge in [0.15, 0.2) is 0 Å². The third-order valence-electron chi connectivity index (χ3n) is 9.84. The van der Waals surface area contributed by atoms with Gasteiger partial charge < -0.3 is 20.6 Å². The Morgan fingerprint density at radius 1 is 0.481 bits per heavy atom. The van der Waals surface area contributed by atoms with Gasteiger partial charge >= 0.3 is 0 Å². The molecule has 5 heteroatoms. The summed E-state index contributed by atoms with van der Waals surface area (Å²) in [7, 11) is 0. The Morgan fingerprint density at radius 2 is 0.846 bits per heavy atom. The molecule has 0 spiro atoms. The summed E-state index contributed by atoms with van der Waals surface area (Å²) in [6.45, 7) is 4.13. The van der Waals surface area contributed by atoms with Crippen molar-refractivity contribution in [3.63, 3.8) is 0 Å². The Labute approximate surface area is 322 Å². The number of aliphatic hydroxyl groups is 3. The van der Waals surface area contributed by atoms with Gasteiger partial charge in [-0.2, -0.15) is 0 Å². The van der Waals surface area contributed by atoms with Crippen LogP contribution in [0.15, 0.2) is 60.8 Å². The third-order valence-corrected chi connectivity index (χ3v) is 9.84. The SMILES string of the molecule is CCCCC/C=C\C=C/CCCCCCCCCCCC(O)C(=O)NC(CO)C(O)/C=C/CC/C=C/CC/C=C/CCCCCCCCCCCC. The summed E-state index contributed by atoms with van der Waals surface area (Å²) in [6, 6.07) is -0.825. The summed E-state index contributed by atoms with van der Waals surface area (Å²) < 4.78 is 0. The molecule has 0 aromatic carbocycles. The van der Waals surface area contributed by atoms with Crippen molar-refractivity contribution >= 4 is 5.91 Å². The van der Waals surface area contributed by atoms with E-state index in [0.29, 0.717) is 6.42 Å². The molecule has 0 saturated heterocycles. The van der Waals surface area contributed by atoms with Gasteiger partial charge in [-0.25, -0.2) is 0 Å². The number of hydrogen-bond donors (Lipinski definition) is 4. The van der Waals surface area contributed by atoms with E-state index >= 15 is 0 Å². The minimum Gasteiger partial charge on any atom is -0.394 e. The fraction of sp³-hybridized carbons (Fsp3) is 0.766. The summed E-state index contributed by atoms with van der Waals surface area (Å²) >= 11 is 0. The molecule has 0 aliphatic rings. The van der Waals surface area contributed by atoms with Crippen molar-refractivity contribution in [1.82, 2.24) is 5.32 Å². The minimum atomic E-state index is -1.12. The van der Waals surface area contributed by atoms with Crippen molar-refractivity contribution in [2.24, 2.45) is 0 Å². The van der Waals surface area contributed by atoms with Gasteiger partial charge in [0.25, 0.3) is 0 Å². The molecule has 1 amide bonds. The Bertz CT molecular complexity index is 892. The van der Waals surface area contributed by atoms with Gasteiger partial charge in [-0.3, -0.25) is 4.79 Å². The molecule has 3 atom stereocenters. The number of hydrogen-bond acceptors (Lipinski definition) is 4. The standard InChI is InChI=1S/C47H85NO4/c1-3-5-7-9-11-13-15-17-19-21-23-24-26-27-29-31-33-35-37-39-41-45(50)44(43-49)48-47(52)46(51)42-40-38-36-34-32-30-28-25-22-20-18-16-14-12-10-8-6-4-2/h12,14,16,18,24,26,31,33,39,41,44-46,49-51H,3-11,13,15,17,19-23,25,27-30,32,34-38,40,42-43H2,1-2H3,(H,48,52)/b14-12-,18-16-,26-24+,33-31+,41-39+. The monoisotopic (exact) mass is 728 g/mol. The average molecular weight is 728 g/mol. The molecule has 0 aliphatic carbocycles. The molecule has 0 aromatic rings. The lowest BCUT2D eigenvalue weighted by Crippen LogP contribution is -2.48. The molecule has 0 rings (SSSR count). The van der Waals surface area contributed by atoms with E-state index < -0.39 is 24.2 Å². The Hall–Kier alpha value is -1.95. The number of rotatable bonds is 39. The van der Waals surface area contributed by atoms with Crippen molar-refractivity contribution in [2.75, 3.05) is 6.61 Å². The number of carbonyl (C=O) groups is 1. The maximum absolute atomic E-state index is 12.5. The number of allylic oxidation sites excluding steroid dienone is 9. The number of carbonyl (C=O) groups excluding carboxylic acids is 1. The van der Waals surface area contributed by atoms with Gasteiger partial charge in [0.1, 0.15) is 6.10 Å². The van der Waals surface area contributed by atoms with Crippen LogP contribution in [-0.4, -0.2) is 46.1 Å². The van der Waals surface area contributed by atoms with Crippen LogP contribution in [0.2, 0.25) is 0 Å². The highest BCUT2D eigenvalue weighted by Gasteiger charge is 2.22. The van der Waals surface area contributed by atoms with Gasteiger partial charge in [0.2, 0.25) is 5.91 Å². The molecule has 0 aliphatic heterocycles. The summed E-state index contributed by atoms with van der Waals surface area (Å²) in [5.41, 5.74) is 0. The zero-order chi connectivity index (χ0) is 38.0. The lowest BCUT2D eigenvalue weighted by molar-refractivity contribution is -0.131. The average Bonchev–Trinajstić information content (AvgIpc) is 3.15. The second-order valence-electron chi connectivity index (χ2n) is 14.9. The van der Waals surface area contributed by atoms with E-state index in [1.54, 1.807) is 6.08 Å². The van der Waals surface area contributed by atoms with Crippen molar-refractivity contribution in [2.45, 2.75) is 225 Å². The number of amides is 1. The molecule has 3 unspecified atom stereocenters. The molecule has 302 valence electrons. The van der Waals surface area contributed by atoms with Crippen molar-refractivity contribution in [3.05, 3.63) is 60.8 Å². The van der Waals surface area contributed by atoms with Crippen LogP contribution >= 0.6 is 0 Å². The third kappa shape index (κ3) is 36.4. The molecule has 0 aromatic heterocycles. The number of aliphatic hydroxyl groups excluding tert-OH is 3. The lowest BCUT2D eigenvalue weighted by atomic mass is 10.0. The van der Waals surface area contributed by atoms with Gasteiger partial charge in [-0.15, -0.1) is 0 Å². The quantitative estimate of drug-likeness (QED) is 0.0288. The second kappa shape index (κ2) is 41.8. The normalized spacial score (nSPS) is 14.2. The second-order valence-corrected chi connectivity index (χ2v) is 14.9. The Balaban J connectivity index is 3.77. The van der Waals surface area contributed by atoms with Gasteiger partial charge in [-0.05, 0) is 70.6 Å². The van der Waals surface area contributed by atoms with Gasteiger partial charge in [-0.1, -0.05) is 197 Å². The molecule has 52 heavy (non-hydrogen) atoms. The first-order chi connectivity index (χ1) is 25.6. The van der Waals surface area contributed by atoms with Crippen LogP contribution in [0.25, 0.3) is 0 Å². The first kappa shape index (κ1) is 50.1. The zero-order valence-electron chi connectivity index (χ0n) is 34.2. The van der Waals surface area contributed by atoms with E-state index in [4.69, 9.17) is 0 Å². The molecule has 0 heterocycles. The van der Waals surface area contributed by atoms with Gasteiger partial charge in [0, 0.05) is 0 Å². The maximum atomic E-state index is 12.5. The van der Waals surface area contributed by atoms with E-state index in [-0.39, 0.29) is 6.61 Å². The topological polar surface area (TPSA) is 89.8 Å². The number of unbranched alkanes of at least 4 members (excludes halogenated alkanes) is 24. The predicted molar refractivity (Wildman–Crippen MR) is 227 cm³/mol. The van der Waals surface area contributed by atoms with Crippen LogP contribution in [-0.2, 0) is 4.79 Å². The van der Waals surface area contributed by atoms with Crippen LogP contribution in [0.1, 0.15) is 206 Å². The molecular formula is C47H85NO4. The minimum absolute atomic E-state index is 0.385. The van der Waals surface area contributed by atoms with E-state index in [0.717, 1.165) is 44.9 Å². The molecule has 0 fully saturated rings. The summed E-state index contributed by atoms with van der Waals surface area (Å²) in [4.78, 5) is 12.5. The largest absolute Gasteiger partial charge is 0.394 e. The van der Waals surface area contributed by atoms with Gasteiger partial charge in [0.05, 0.1) is 18.8 Å². The van der Waals surface area contributed by atoms with Crippen LogP contribution in [0.5, 0.6) is 0 Å². The first-order valence-electron chi connectivity index (χ1n) is 22.1. The Kier molecular flexibility index (Phi) is 40.2. The van der Waals surface area contributed by atoms with E-state index in [9.17, 15) is 20.1 Å². The van der Waals surface area contributed by atoms with E-state index in [1.807, 2.05) is 6.08 Å². The summed E-state index contributed by atoms with van der Waals surface area (Å²) in [6.07, 6.45) is 55.3. The molecule has 5 nitrogen and oxygen atoms in total. The molecule has 0 bridgehead atoms. The van der Waals surface area contributed by atoms with E-state index in [1.165, 1.54) is 141 Å². The van der Waals surface area contributed by atoms with Crippen LogP contribution < -0.4 is 5.32 Å². The van der Waals surface area contributed by atoms with Crippen molar-refractivity contribution in [3.8, 4) is 0 Å². The lowest BCUT2D eigenvalue weighted by Gasteiger charge is -2.21. The highest BCUT2D eigenvalue weighted by Crippen LogP contribution is 2.14. The predicted octanol–water partition coefficient (Wildman–Crippen LogP) is 12.7. The Morgan fingerprint density at radius 3 is 1.33 bits per heavy atom. The summed E-state index contributed by atoms with van der Waals surface area (Å²) in [5.74, 6) is -0.523. The molecule has 0 saturated carbocycles. The molecule has 0 radical (unpaired) electrons. The zero-order valence-corrected chi connectivity index (χ0v) is 34.2. The highest BCUT2D eigenvalue weighted by molar-refractivity contribution is 5.80. The smallest absolute Gasteiger partial charge is 0.249 e. The fourth-order valence-electron chi connectivity index (χ4n) is 6.32. The van der Waals surface area contributed by atoms with Crippen LogP contribution in [0, 0.1) is 0 Å². The maximum Gasteiger partial charge on any atom is 0.249 e. The van der Waals surface area contributed by atoms with Crippen molar-refractivity contribution < 1.29 is 20.1 Å². The molecule has 4 N–H and O–H groups in total. The highest BCUT2D eigenvalue weighted by atomic mass is 16.3. The van der Waals surface area contributed by atoms with Crippen LogP contribution in [0.3, 0.4) is 0 Å². The van der Waals surface area contributed by atoms with Crippen molar-refractivity contribution in [1.29, 1.82) is 0 Å². The number of nitrogens with one attached hydrogen (secondary N) is 1. The first-order valence-corrected chi connectivity index (χ1v) is 22.1. The molecular weight excluding hydrogens is 643 g/mol. The van der Waals surface area contributed by atoms with E-state index in [2.05, 4.69) is 67.8 Å². The van der Waals surface area contributed by atoms with Crippen LogP contribution in [0.4, 0.5) is 0 Å². The summed E-state index contributed by atoms with van der Waals surface area (Å²) in [5, 5.41) is 33.1. The fourth-order valence-corrected chi connectivity index (χ4v) is 6.32.